The number of rotatable bonds is 5. The minimum Gasteiger partial charge on any atom is -0.361 e. The van der Waals surface area contributed by atoms with Crippen molar-refractivity contribution in [3.05, 3.63) is 42.2 Å². The van der Waals surface area contributed by atoms with Crippen molar-refractivity contribution in [2.24, 2.45) is 5.73 Å². The quantitative estimate of drug-likeness (QED) is 0.655. The molecule has 6 nitrogen and oxygen atoms in total. The number of hydrogen-bond donors (Lipinski definition) is 3. The molecule has 0 aliphatic carbocycles. The van der Waals surface area contributed by atoms with Gasteiger partial charge in [0.05, 0.1) is 0 Å². The molecular formula is C20H26N6. The highest BCUT2D eigenvalue weighted by Gasteiger charge is 2.19. The van der Waals surface area contributed by atoms with E-state index in [1.165, 1.54) is 5.39 Å². The Kier molecular flexibility index (Phi) is 4.75. The van der Waals surface area contributed by atoms with Gasteiger partial charge in [0.25, 0.3) is 0 Å². The maximum absolute atomic E-state index is 6.16. The van der Waals surface area contributed by atoms with Crippen LogP contribution in [0.2, 0.25) is 0 Å². The largest absolute Gasteiger partial charge is 0.361 e. The Labute approximate surface area is 153 Å². The number of aromatic nitrogens is 3. The zero-order valence-electron chi connectivity index (χ0n) is 15.2. The summed E-state index contributed by atoms with van der Waals surface area (Å²) in [6.07, 6.45) is 6.15. The highest BCUT2D eigenvalue weighted by molar-refractivity contribution is 5.83. The van der Waals surface area contributed by atoms with Gasteiger partial charge >= 0.3 is 0 Å². The zero-order chi connectivity index (χ0) is 17.9. The second-order valence-corrected chi connectivity index (χ2v) is 7.04. The molecule has 3 heterocycles. The first-order valence-electron chi connectivity index (χ1n) is 9.44. The Bertz CT molecular complexity index is 887. The van der Waals surface area contributed by atoms with Crippen LogP contribution >= 0.6 is 0 Å². The number of hydrogen-bond acceptors (Lipinski definition) is 5. The van der Waals surface area contributed by atoms with Crippen molar-refractivity contribution in [3.8, 4) is 0 Å². The van der Waals surface area contributed by atoms with Crippen LogP contribution in [0.3, 0.4) is 0 Å². The molecule has 0 radical (unpaired) electrons. The summed E-state index contributed by atoms with van der Waals surface area (Å²) in [7, 11) is 0. The molecule has 1 atom stereocenters. The third-order valence-corrected chi connectivity index (χ3v) is 4.86. The van der Waals surface area contributed by atoms with Gasteiger partial charge in [0, 0.05) is 48.3 Å². The van der Waals surface area contributed by atoms with Crippen LogP contribution in [0, 0.1) is 0 Å². The summed E-state index contributed by atoms with van der Waals surface area (Å²) in [5, 5.41) is 4.57. The second-order valence-electron chi connectivity index (χ2n) is 7.04. The fraction of sp³-hybridized carbons (Fsp3) is 0.400. The van der Waals surface area contributed by atoms with E-state index in [9.17, 15) is 0 Å². The van der Waals surface area contributed by atoms with Gasteiger partial charge < -0.3 is 20.9 Å². The molecule has 6 heteroatoms. The first-order chi connectivity index (χ1) is 12.7. The highest BCUT2D eigenvalue weighted by Crippen LogP contribution is 2.24. The smallest absolute Gasteiger partial charge is 0.229 e. The van der Waals surface area contributed by atoms with Gasteiger partial charge in [0.15, 0.2) is 0 Å². The number of fused-ring (bicyclic) bond motifs is 1. The van der Waals surface area contributed by atoms with E-state index < -0.39 is 0 Å². The SMILES string of the molecule is CCCc1cc(N2CCC[C@@H](N)C2)nc(Nc2ccc3cc[nH]c3c2)n1. The number of anilines is 3. The molecule has 4 N–H and O–H groups in total. The number of nitrogens with one attached hydrogen (secondary N) is 2. The summed E-state index contributed by atoms with van der Waals surface area (Å²) in [5.74, 6) is 1.62. The second kappa shape index (κ2) is 7.33. The lowest BCUT2D eigenvalue weighted by Gasteiger charge is -2.32. The molecule has 26 heavy (non-hydrogen) atoms. The molecular weight excluding hydrogens is 324 g/mol. The van der Waals surface area contributed by atoms with Crippen molar-refractivity contribution in [3.63, 3.8) is 0 Å². The number of aryl methyl sites for hydroxylation is 1. The van der Waals surface area contributed by atoms with Crippen LogP contribution < -0.4 is 16.0 Å². The monoisotopic (exact) mass is 350 g/mol. The summed E-state index contributed by atoms with van der Waals surface area (Å²) in [6.45, 7) is 4.03. The average molecular weight is 350 g/mol. The number of nitrogens with two attached hydrogens (primary N) is 1. The maximum atomic E-state index is 6.16. The van der Waals surface area contributed by atoms with Crippen molar-refractivity contribution in [1.82, 2.24) is 15.0 Å². The van der Waals surface area contributed by atoms with Crippen LogP contribution in [0.25, 0.3) is 10.9 Å². The van der Waals surface area contributed by atoms with Crippen molar-refractivity contribution < 1.29 is 0 Å². The molecule has 1 aromatic carbocycles. The van der Waals surface area contributed by atoms with E-state index in [2.05, 4.69) is 52.5 Å². The lowest BCUT2D eigenvalue weighted by atomic mass is 10.1. The molecule has 4 rings (SSSR count). The minimum absolute atomic E-state index is 0.222. The third kappa shape index (κ3) is 3.65. The molecule has 2 aromatic heterocycles. The van der Waals surface area contributed by atoms with E-state index in [0.717, 1.165) is 61.5 Å². The predicted octanol–water partition coefficient (Wildman–Crippen LogP) is 3.58. The number of nitrogens with zero attached hydrogens (tertiary/aromatic N) is 3. The molecule has 0 unspecified atom stereocenters. The van der Waals surface area contributed by atoms with Crippen molar-refractivity contribution in [2.75, 3.05) is 23.3 Å². The topological polar surface area (TPSA) is 82.9 Å². The maximum Gasteiger partial charge on any atom is 0.229 e. The predicted molar refractivity (Wildman–Crippen MR) is 107 cm³/mol. The number of benzene rings is 1. The lowest BCUT2D eigenvalue weighted by Crippen LogP contribution is -2.43. The van der Waals surface area contributed by atoms with Crippen LogP contribution in [0.4, 0.5) is 17.5 Å². The Morgan fingerprint density at radius 3 is 3.04 bits per heavy atom. The molecule has 0 amide bonds. The van der Waals surface area contributed by atoms with Gasteiger partial charge in [-0.05, 0) is 42.8 Å². The highest BCUT2D eigenvalue weighted by atomic mass is 15.2. The van der Waals surface area contributed by atoms with Crippen LogP contribution in [0.15, 0.2) is 36.5 Å². The van der Waals surface area contributed by atoms with Gasteiger partial charge in [0.1, 0.15) is 5.82 Å². The van der Waals surface area contributed by atoms with Gasteiger partial charge in [-0.1, -0.05) is 19.4 Å². The van der Waals surface area contributed by atoms with E-state index in [1.807, 2.05) is 6.20 Å². The molecule has 1 fully saturated rings. The minimum atomic E-state index is 0.222. The molecule has 0 saturated carbocycles. The molecule has 1 aliphatic rings. The Hall–Kier alpha value is -2.60. The van der Waals surface area contributed by atoms with Gasteiger partial charge in [-0.25, -0.2) is 4.98 Å². The Morgan fingerprint density at radius 2 is 2.19 bits per heavy atom. The lowest BCUT2D eigenvalue weighted by molar-refractivity contribution is 0.503. The fourth-order valence-corrected chi connectivity index (χ4v) is 3.56. The number of aromatic amines is 1. The van der Waals surface area contributed by atoms with Crippen LogP contribution in [0.1, 0.15) is 31.9 Å². The summed E-state index contributed by atoms with van der Waals surface area (Å²) >= 11 is 0. The van der Waals surface area contributed by atoms with Crippen LogP contribution in [-0.4, -0.2) is 34.1 Å². The summed E-state index contributed by atoms with van der Waals surface area (Å²) in [4.78, 5) is 15.0. The van der Waals surface area contributed by atoms with Gasteiger partial charge in [-0.3, -0.25) is 0 Å². The normalized spacial score (nSPS) is 17.6. The Balaban J connectivity index is 1.63. The van der Waals surface area contributed by atoms with Crippen molar-refractivity contribution in [2.45, 2.75) is 38.6 Å². The first-order valence-corrected chi connectivity index (χ1v) is 9.44. The average Bonchev–Trinajstić information content (AvgIpc) is 3.09. The van der Waals surface area contributed by atoms with Crippen LogP contribution in [0.5, 0.6) is 0 Å². The van der Waals surface area contributed by atoms with E-state index in [-0.39, 0.29) is 6.04 Å². The first kappa shape index (κ1) is 16.8. The fourth-order valence-electron chi connectivity index (χ4n) is 3.56. The summed E-state index contributed by atoms with van der Waals surface area (Å²) in [5.41, 5.74) is 9.31. The van der Waals surface area contributed by atoms with Crippen LogP contribution in [-0.2, 0) is 6.42 Å². The number of piperidine rings is 1. The van der Waals surface area contributed by atoms with Gasteiger partial charge in [-0.2, -0.15) is 4.98 Å². The van der Waals surface area contributed by atoms with Crippen molar-refractivity contribution in [1.29, 1.82) is 0 Å². The summed E-state index contributed by atoms with van der Waals surface area (Å²) < 4.78 is 0. The number of H-pyrrole nitrogens is 1. The van der Waals surface area contributed by atoms with Crippen molar-refractivity contribution >= 4 is 28.4 Å². The van der Waals surface area contributed by atoms with E-state index in [4.69, 9.17) is 15.7 Å². The van der Waals surface area contributed by atoms with E-state index >= 15 is 0 Å². The molecule has 136 valence electrons. The molecule has 1 aliphatic heterocycles. The molecule has 0 spiro atoms. The van der Waals surface area contributed by atoms with E-state index in [0.29, 0.717) is 5.95 Å². The van der Waals surface area contributed by atoms with Gasteiger partial charge in [-0.15, -0.1) is 0 Å². The molecule has 0 bridgehead atoms. The summed E-state index contributed by atoms with van der Waals surface area (Å²) in [6, 6.07) is 10.6. The third-order valence-electron chi connectivity index (χ3n) is 4.86. The zero-order valence-corrected chi connectivity index (χ0v) is 15.2. The molecule has 3 aromatic rings. The Morgan fingerprint density at radius 1 is 1.27 bits per heavy atom. The van der Waals surface area contributed by atoms with E-state index in [1.54, 1.807) is 0 Å². The molecule has 1 saturated heterocycles. The standard InChI is InChI=1S/C20H26N6/c1-2-4-16-12-19(26-10-3-5-15(21)13-26)25-20(23-16)24-17-7-6-14-8-9-22-18(14)11-17/h6-9,11-12,15,22H,2-5,10,13,21H2,1H3,(H,23,24,25)/t15-/m1/s1. The van der Waals surface area contributed by atoms with Gasteiger partial charge in [0.2, 0.25) is 5.95 Å².